The van der Waals surface area contributed by atoms with Crippen LogP contribution < -0.4 is 15.4 Å². The van der Waals surface area contributed by atoms with E-state index in [1.807, 2.05) is 64.0 Å². The summed E-state index contributed by atoms with van der Waals surface area (Å²) in [4.78, 5) is 27.6. The predicted octanol–water partition coefficient (Wildman–Crippen LogP) is 3.91. The second-order valence-electron chi connectivity index (χ2n) is 7.90. The normalized spacial score (nSPS) is 13.0. The molecule has 0 aliphatic rings. The second-order valence-corrected chi connectivity index (χ2v) is 8.31. The molecule has 31 heavy (non-hydrogen) atoms. The van der Waals surface area contributed by atoms with Gasteiger partial charge in [-0.05, 0) is 62.8 Å². The smallest absolute Gasteiger partial charge is 0.251 e. The lowest BCUT2D eigenvalue weighted by Crippen LogP contribution is -2.51. The Bertz CT molecular complexity index is 869. The Morgan fingerprint density at radius 2 is 1.71 bits per heavy atom. The molecule has 0 spiro atoms. The summed E-state index contributed by atoms with van der Waals surface area (Å²) in [6, 6.07) is 13.7. The number of nitrogens with zero attached hydrogens (tertiary/aromatic N) is 1. The molecular weight excluding hydrogens is 414 g/mol. The van der Waals surface area contributed by atoms with Gasteiger partial charge in [0.25, 0.3) is 5.91 Å². The number of hydrogen-bond donors (Lipinski definition) is 2. The lowest BCUT2D eigenvalue weighted by molar-refractivity contribution is -0.124. The van der Waals surface area contributed by atoms with Crippen LogP contribution >= 0.6 is 11.6 Å². The van der Waals surface area contributed by atoms with Crippen LogP contribution in [0, 0.1) is 5.92 Å². The van der Waals surface area contributed by atoms with Gasteiger partial charge in [-0.15, -0.1) is 0 Å². The summed E-state index contributed by atoms with van der Waals surface area (Å²) in [5, 5.41) is 6.49. The summed E-state index contributed by atoms with van der Waals surface area (Å²) >= 11 is 6.35. The Morgan fingerprint density at radius 1 is 1.06 bits per heavy atom. The van der Waals surface area contributed by atoms with Crippen molar-refractivity contribution in [1.29, 1.82) is 0 Å². The van der Waals surface area contributed by atoms with Crippen LogP contribution in [0.2, 0.25) is 5.02 Å². The summed E-state index contributed by atoms with van der Waals surface area (Å²) in [6.07, 6.45) is 0. The van der Waals surface area contributed by atoms with Crippen LogP contribution in [-0.4, -0.2) is 50.0 Å². The predicted molar refractivity (Wildman–Crippen MR) is 125 cm³/mol. The maximum Gasteiger partial charge on any atom is 0.251 e. The minimum atomic E-state index is -0.659. The van der Waals surface area contributed by atoms with Gasteiger partial charge in [0, 0.05) is 17.1 Å². The lowest BCUT2D eigenvalue weighted by atomic mass is 10.0. The highest BCUT2D eigenvalue weighted by atomic mass is 35.5. The van der Waals surface area contributed by atoms with Crippen molar-refractivity contribution in [1.82, 2.24) is 15.5 Å². The van der Waals surface area contributed by atoms with E-state index in [0.717, 1.165) is 5.56 Å². The number of rotatable bonds is 10. The molecule has 0 aliphatic heterocycles. The summed E-state index contributed by atoms with van der Waals surface area (Å²) in [5.41, 5.74) is 1.41. The highest BCUT2D eigenvalue weighted by molar-refractivity contribution is 6.31. The molecule has 0 heterocycles. The average Bonchev–Trinajstić information content (AvgIpc) is 2.73. The van der Waals surface area contributed by atoms with Crippen molar-refractivity contribution in [2.75, 3.05) is 27.2 Å². The molecule has 2 atom stereocenters. The molecule has 2 N–H and O–H groups in total. The zero-order valence-electron chi connectivity index (χ0n) is 18.8. The third-order valence-electron chi connectivity index (χ3n) is 5.02. The number of ether oxygens (including phenoxy) is 1. The molecule has 0 fully saturated rings. The van der Waals surface area contributed by atoms with E-state index >= 15 is 0 Å². The van der Waals surface area contributed by atoms with Crippen LogP contribution in [0.25, 0.3) is 0 Å². The van der Waals surface area contributed by atoms with Gasteiger partial charge in [-0.2, -0.15) is 0 Å². The first-order valence-electron chi connectivity index (χ1n) is 10.5. The quantitative estimate of drug-likeness (QED) is 0.581. The highest BCUT2D eigenvalue weighted by Crippen LogP contribution is 2.25. The molecule has 6 nitrogen and oxygen atoms in total. The monoisotopic (exact) mass is 445 g/mol. The van der Waals surface area contributed by atoms with E-state index in [4.69, 9.17) is 16.3 Å². The third kappa shape index (κ3) is 6.97. The average molecular weight is 446 g/mol. The third-order valence-corrected chi connectivity index (χ3v) is 5.36. The molecule has 2 amide bonds. The van der Waals surface area contributed by atoms with Crippen LogP contribution in [0.5, 0.6) is 5.75 Å². The molecule has 2 aromatic carbocycles. The molecule has 0 saturated carbocycles. The molecule has 0 aromatic heterocycles. The number of likely N-dealkylation sites (N-methyl/N-ethyl adjacent to an activating group) is 1. The number of hydrogen-bond acceptors (Lipinski definition) is 4. The Hall–Kier alpha value is -2.57. The van der Waals surface area contributed by atoms with Gasteiger partial charge in [0.1, 0.15) is 11.8 Å². The Balaban J connectivity index is 2.05. The van der Waals surface area contributed by atoms with Crippen molar-refractivity contribution in [3.63, 3.8) is 0 Å². The summed E-state index contributed by atoms with van der Waals surface area (Å²) in [6.45, 7) is 6.64. The van der Waals surface area contributed by atoms with Gasteiger partial charge < -0.3 is 20.3 Å². The molecule has 168 valence electrons. The number of carbonyl (C=O) groups is 2. The van der Waals surface area contributed by atoms with E-state index in [0.29, 0.717) is 29.5 Å². The fraction of sp³-hybridized carbons (Fsp3) is 0.417. The Labute approximate surface area is 189 Å². The molecular formula is C24H32ClN3O3. The van der Waals surface area contributed by atoms with Gasteiger partial charge in [-0.25, -0.2) is 0 Å². The second kappa shape index (κ2) is 11.7. The molecule has 2 aromatic rings. The molecule has 7 heteroatoms. The zero-order chi connectivity index (χ0) is 23.0. The van der Waals surface area contributed by atoms with Crippen molar-refractivity contribution < 1.29 is 14.3 Å². The maximum absolute atomic E-state index is 12.9. The van der Waals surface area contributed by atoms with E-state index < -0.39 is 6.04 Å². The van der Waals surface area contributed by atoms with Crippen molar-refractivity contribution in [3.05, 3.63) is 64.7 Å². The summed E-state index contributed by atoms with van der Waals surface area (Å²) in [7, 11) is 3.88. The minimum absolute atomic E-state index is 0.0789. The van der Waals surface area contributed by atoms with Crippen LogP contribution in [0.3, 0.4) is 0 Å². The van der Waals surface area contributed by atoms with E-state index in [-0.39, 0.29) is 23.8 Å². The van der Waals surface area contributed by atoms with E-state index in [1.165, 1.54) is 0 Å². The van der Waals surface area contributed by atoms with Gasteiger partial charge in [0.15, 0.2) is 0 Å². The first-order valence-corrected chi connectivity index (χ1v) is 10.8. The fourth-order valence-electron chi connectivity index (χ4n) is 3.25. The lowest BCUT2D eigenvalue weighted by Gasteiger charge is -2.28. The number of nitrogens with one attached hydrogen (secondary N) is 2. The van der Waals surface area contributed by atoms with Gasteiger partial charge >= 0.3 is 0 Å². The highest BCUT2D eigenvalue weighted by Gasteiger charge is 2.26. The molecule has 0 bridgehead atoms. The van der Waals surface area contributed by atoms with Crippen molar-refractivity contribution in [2.24, 2.45) is 5.92 Å². The van der Waals surface area contributed by atoms with Gasteiger partial charge in [-0.3, -0.25) is 9.59 Å². The first-order chi connectivity index (χ1) is 14.7. The van der Waals surface area contributed by atoms with E-state index in [1.54, 1.807) is 24.3 Å². The van der Waals surface area contributed by atoms with Crippen LogP contribution in [0.15, 0.2) is 48.5 Å². The van der Waals surface area contributed by atoms with E-state index in [2.05, 4.69) is 10.6 Å². The molecule has 2 rings (SSSR count). The summed E-state index contributed by atoms with van der Waals surface area (Å²) < 4.78 is 5.41. The van der Waals surface area contributed by atoms with Crippen molar-refractivity contribution >= 4 is 23.4 Å². The molecule has 0 saturated heterocycles. The number of benzene rings is 2. The SMILES string of the molecule is CCOc1ccc(C(=O)N[C@@H](C(=O)NC[C@H](c2ccccc2Cl)N(C)C)C(C)C)cc1. The number of amides is 2. The van der Waals surface area contributed by atoms with Crippen LogP contribution in [0.4, 0.5) is 0 Å². The fourth-order valence-corrected chi connectivity index (χ4v) is 3.51. The molecule has 0 radical (unpaired) electrons. The minimum Gasteiger partial charge on any atom is -0.494 e. The van der Waals surface area contributed by atoms with Gasteiger partial charge in [0.05, 0.1) is 12.6 Å². The van der Waals surface area contributed by atoms with Crippen molar-refractivity contribution in [3.8, 4) is 5.75 Å². The van der Waals surface area contributed by atoms with Crippen LogP contribution in [0.1, 0.15) is 42.7 Å². The van der Waals surface area contributed by atoms with E-state index in [9.17, 15) is 9.59 Å². The maximum atomic E-state index is 12.9. The van der Waals surface area contributed by atoms with Gasteiger partial charge in [0.2, 0.25) is 5.91 Å². The first kappa shape index (κ1) is 24.7. The molecule has 0 aliphatic carbocycles. The standard InChI is InChI=1S/C24H32ClN3O3/c1-6-31-18-13-11-17(12-14-18)23(29)27-22(16(2)3)24(30)26-15-21(28(4)5)19-9-7-8-10-20(19)25/h7-14,16,21-22H,6,15H2,1-5H3,(H,26,30)(H,27,29)/t21-,22-/m1/s1. The van der Waals surface area contributed by atoms with Crippen LogP contribution in [-0.2, 0) is 4.79 Å². The number of halogens is 1. The Morgan fingerprint density at radius 3 is 2.26 bits per heavy atom. The number of carbonyl (C=O) groups excluding carboxylic acids is 2. The molecule has 0 unspecified atom stereocenters. The topological polar surface area (TPSA) is 70.7 Å². The van der Waals surface area contributed by atoms with Gasteiger partial charge in [-0.1, -0.05) is 43.6 Å². The summed E-state index contributed by atoms with van der Waals surface area (Å²) in [5.74, 6) is 0.0941. The largest absolute Gasteiger partial charge is 0.494 e. The zero-order valence-corrected chi connectivity index (χ0v) is 19.6. The Kier molecular flexibility index (Phi) is 9.34. The van der Waals surface area contributed by atoms with Crippen molar-refractivity contribution in [2.45, 2.75) is 32.9 Å².